The molecule has 0 aromatic heterocycles. The van der Waals surface area contributed by atoms with E-state index in [2.05, 4.69) is 0 Å². The van der Waals surface area contributed by atoms with Crippen LogP contribution in [-0.2, 0) is 9.59 Å². The molecule has 0 aliphatic carbocycles. The zero-order chi connectivity index (χ0) is 15.5. The highest BCUT2D eigenvalue weighted by Crippen LogP contribution is 2.29. The van der Waals surface area contributed by atoms with E-state index < -0.39 is 11.5 Å². The maximum Gasteiger partial charge on any atom is 0.329 e. The Kier molecular flexibility index (Phi) is 4.88. The number of benzene rings is 1. The number of piperidine rings is 1. The summed E-state index contributed by atoms with van der Waals surface area (Å²) in [6, 6.07) is 5.91. The Balaban J connectivity index is 2.01. The first-order chi connectivity index (χ1) is 9.93. The van der Waals surface area contributed by atoms with E-state index in [9.17, 15) is 19.1 Å². The number of likely N-dealkylation sites (tertiary alicyclic amines) is 1. The lowest BCUT2D eigenvalue weighted by molar-refractivity contribution is -0.159. The second-order valence-electron chi connectivity index (χ2n) is 5.32. The van der Waals surface area contributed by atoms with Crippen LogP contribution in [0.4, 0.5) is 4.39 Å². The number of carboxylic acids is 1. The predicted octanol–water partition coefficient (Wildman–Crippen LogP) is 2.77. The lowest BCUT2D eigenvalue weighted by Gasteiger charge is -2.41. The van der Waals surface area contributed by atoms with E-state index >= 15 is 0 Å². The Morgan fingerprint density at radius 1 is 1.33 bits per heavy atom. The minimum Gasteiger partial charge on any atom is -0.480 e. The molecule has 0 saturated carbocycles. The van der Waals surface area contributed by atoms with Crippen molar-refractivity contribution < 1.29 is 19.1 Å². The van der Waals surface area contributed by atoms with Crippen molar-refractivity contribution in [1.82, 2.24) is 4.90 Å². The molecule has 1 heterocycles. The van der Waals surface area contributed by atoms with Crippen LogP contribution in [0.15, 0.2) is 29.2 Å². The number of hydrogen-bond acceptors (Lipinski definition) is 3. The molecule has 0 radical (unpaired) electrons. The molecule has 1 unspecified atom stereocenters. The number of thioether (sulfide) groups is 1. The van der Waals surface area contributed by atoms with Crippen LogP contribution in [0.3, 0.4) is 0 Å². The molecule has 4 nitrogen and oxygen atoms in total. The molecule has 1 aliphatic rings. The van der Waals surface area contributed by atoms with Gasteiger partial charge in [-0.2, -0.15) is 0 Å². The largest absolute Gasteiger partial charge is 0.480 e. The van der Waals surface area contributed by atoms with E-state index in [0.717, 1.165) is 17.7 Å². The fourth-order valence-corrected chi connectivity index (χ4v) is 3.27. The Morgan fingerprint density at radius 3 is 2.62 bits per heavy atom. The zero-order valence-corrected chi connectivity index (χ0v) is 12.7. The minimum absolute atomic E-state index is 0.161. The summed E-state index contributed by atoms with van der Waals surface area (Å²) >= 11 is 1.29. The van der Waals surface area contributed by atoms with Crippen LogP contribution >= 0.6 is 11.8 Å². The smallest absolute Gasteiger partial charge is 0.329 e. The maximum atomic E-state index is 12.8. The molecule has 0 spiro atoms. The van der Waals surface area contributed by atoms with Crippen molar-refractivity contribution in [3.63, 3.8) is 0 Å². The molecular formula is C15H18FNO3S. The average Bonchev–Trinajstić information content (AvgIpc) is 2.46. The minimum atomic E-state index is -1.11. The Hall–Kier alpha value is -1.56. The van der Waals surface area contributed by atoms with Gasteiger partial charge in [0.2, 0.25) is 5.91 Å². The molecule has 21 heavy (non-hydrogen) atoms. The first-order valence-corrected chi connectivity index (χ1v) is 7.84. The first kappa shape index (κ1) is 15.8. The van der Waals surface area contributed by atoms with Crippen LogP contribution in [0.2, 0.25) is 0 Å². The lowest BCUT2D eigenvalue weighted by atomic mass is 9.88. The summed E-state index contributed by atoms with van der Waals surface area (Å²) in [7, 11) is 0. The number of amides is 1. The molecule has 1 atom stereocenters. The van der Waals surface area contributed by atoms with Gasteiger partial charge in [-0.05, 0) is 50.5 Å². The van der Waals surface area contributed by atoms with Crippen molar-refractivity contribution in [3.8, 4) is 0 Å². The zero-order valence-electron chi connectivity index (χ0n) is 11.8. The molecule has 6 heteroatoms. The monoisotopic (exact) mass is 311 g/mol. The highest BCUT2D eigenvalue weighted by Gasteiger charge is 2.43. The maximum absolute atomic E-state index is 12.8. The average molecular weight is 311 g/mol. The molecule has 1 aliphatic heterocycles. The molecular weight excluding hydrogens is 293 g/mol. The van der Waals surface area contributed by atoms with E-state index in [-0.39, 0.29) is 17.5 Å². The van der Waals surface area contributed by atoms with Gasteiger partial charge in [-0.1, -0.05) is 0 Å². The number of carbonyl (C=O) groups is 2. The van der Waals surface area contributed by atoms with Crippen LogP contribution in [-0.4, -0.2) is 39.7 Å². The van der Waals surface area contributed by atoms with Crippen molar-refractivity contribution in [1.29, 1.82) is 0 Å². The van der Waals surface area contributed by atoms with Crippen LogP contribution in [0.5, 0.6) is 0 Å². The van der Waals surface area contributed by atoms with E-state index in [1.165, 1.54) is 28.8 Å². The predicted molar refractivity (Wildman–Crippen MR) is 78.7 cm³/mol. The van der Waals surface area contributed by atoms with Crippen LogP contribution in [0.25, 0.3) is 0 Å². The van der Waals surface area contributed by atoms with E-state index in [1.807, 2.05) is 0 Å². The molecule has 1 saturated heterocycles. The molecule has 2 rings (SSSR count). The van der Waals surface area contributed by atoms with Gasteiger partial charge in [-0.15, -0.1) is 11.8 Å². The van der Waals surface area contributed by atoms with Crippen molar-refractivity contribution in [2.24, 2.45) is 0 Å². The summed E-state index contributed by atoms with van der Waals surface area (Å²) < 4.78 is 12.8. The molecule has 1 aromatic carbocycles. The van der Waals surface area contributed by atoms with E-state index in [4.69, 9.17) is 0 Å². The summed E-state index contributed by atoms with van der Waals surface area (Å²) in [5.41, 5.74) is -1.11. The van der Waals surface area contributed by atoms with Crippen molar-refractivity contribution >= 4 is 23.6 Å². The van der Waals surface area contributed by atoms with Gasteiger partial charge in [0, 0.05) is 11.4 Å². The van der Waals surface area contributed by atoms with E-state index in [0.29, 0.717) is 13.0 Å². The lowest BCUT2D eigenvalue weighted by Crippen LogP contribution is -2.57. The van der Waals surface area contributed by atoms with Gasteiger partial charge in [-0.3, -0.25) is 4.79 Å². The SMILES string of the molecule is CC1(C(=O)O)CCCCN1C(=O)CSc1ccc(F)cc1. The summed E-state index contributed by atoms with van der Waals surface area (Å²) in [5, 5.41) is 9.39. The molecule has 1 aromatic rings. The van der Waals surface area contributed by atoms with Gasteiger partial charge in [0.1, 0.15) is 11.4 Å². The number of rotatable bonds is 4. The standard InChI is InChI=1S/C15H18FNO3S/c1-15(14(19)20)8-2-3-9-17(15)13(18)10-21-12-6-4-11(16)5-7-12/h4-7H,2-3,8-10H2,1H3,(H,19,20). The second-order valence-corrected chi connectivity index (χ2v) is 6.37. The summed E-state index contributed by atoms with van der Waals surface area (Å²) in [6.07, 6.45) is 2.13. The van der Waals surface area contributed by atoms with E-state index in [1.54, 1.807) is 19.1 Å². The summed E-state index contributed by atoms with van der Waals surface area (Å²) in [4.78, 5) is 26.0. The van der Waals surface area contributed by atoms with Crippen molar-refractivity contribution in [2.45, 2.75) is 36.6 Å². The number of carboxylic acid groups (broad SMARTS) is 1. The highest BCUT2D eigenvalue weighted by molar-refractivity contribution is 8.00. The van der Waals surface area contributed by atoms with Crippen molar-refractivity contribution in [2.75, 3.05) is 12.3 Å². The Morgan fingerprint density at radius 2 is 2.00 bits per heavy atom. The molecule has 1 fully saturated rings. The normalized spacial score (nSPS) is 22.1. The third kappa shape index (κ3) is 3.56. The van der Waals surface area contributed by atoms with Gasteiger partial charge in [0.05, 0.1) is 5.75 Å². The Labute approximate surface area is 127 Å². The first-order valence-electron chi connectivity index (χ1n) is 6.86. The van der Waals surface area contributed by atoms with Gasteiger partial charge >= 0.3 is 5.97 Å². The molecule has 114 valence electrons. The van der Waals surface area contributed by atoms with Gasteiger partial charge < -0.3 is 10.0 Å². The number of halogens is 1. The fraction of sp³-hybridized carbons (Fsp3) is 0.467. The third-order valence-electron chi connectivity index (χ3n) is 3.83. The summed E-state index contributed by atoms with van der Waals surface area (Å²) in [6.45, 7) is 2.08. The topological polar surface area (TPSA) is 57.6 Å². The number of aliphatic carboxylic acids is 1. The number of hydrogen-bond donors (Lipinski definition) is 1. The quantitative estimate of drug-likeness (QED) is 0.869. The fourth-order valence-electron chi connectivity index (χ4n) is 2.50. The molecule has 1 N–H and O–H groups in total. The van der Waals surface area contributed by atoms with Crippen molar-refractivity contribution in [3.05, 3.63) is 30.1 Å². The molecule has 1 amide bonds. The second kappa shape index (κ2) is 6.47. The van der Waals surface area contributed by atoms with Gasteiger partial charge in [-0.25, -0.2) is 9.18 Å². The van der Waals surface area contributed by atoms with Gasteiger partial charge in [0.25, 0.3) is 0 Å². The Bertz CT molecular complexity index is 534. The highest BCUT2D eigenvalue weighted by atomic mass is 32.2. The van der Waals surface area contributed by atoms with Crippen LogP contribution in [0, 0.1) is 5.82 Å². The van der Waals surface area contributed by atoms with Crippen LogP contribution in [0.1, 0.15) is 26.2 Å². The third-order valence-corrected chi connectivity index (χ3v) is 4.83. The van der Waals surface area contributed by atoms with Gasteiger partial charge in [0.15, 0.2) is 0 Å². The van der Waals surface area contributed by atoms with Crippen LogP contribution < -0.4 is 0 Å². The summed E-state index contributed by atoms with van der Waals surface area (Å²) in [5.74, 6) is -1.30. The number of nitrogens with zero attached hydrogens (tertiary/aromatic N) is 1. The number of carbonyl (C=O) groups excluding carboxylic acids is 1. The molecule has 0 bridgehead atoms.